The highest BCUT2D eigenvalue weighted by molar-refractivity contribution is 4.85. The zero-order valence-electron chi connectivity index (χ0n) is 10.9. The predicted octanol–water partition coefficient (Wildman–Crippen LogP) is 3.14. The van der Waals surface area contributed by atoms with Gasteiger partial charge in [0.15, 0.2) is 0 Å². The number of allylic oxidation sites excluding steroid dienone is 1. The van der Waals surface area contributed by atoms with Crippen LogP contribution in [-0.2, 0) is 4.74 Å². The highest BCUT2D eigenvalue weighted by Crippen LogP contribution is 2.34. The Bertz CT molecular complexity index is 187. The second-order valence-corrected chi connectivity index (χ2v) is 4.77. The Labute approximate surface area is 100 Å². The number of hydrogen-bond acceptors (Lipinski definition) is 2. The monoisotopic (exact) mass is 225 g/mol. The van der Waals surface area contributed by atoms with Crippen molar-refractivity contribution < 1.29 is 4.74 Å². The van der Waals surface area contributed by atoms with E-state index in [1.165, 1.54) is 25.7 Å². The molecule has 1 unspecified atom stereocenters. The maximum absolute atomic E-state index is 5.59. The van der Waals surface area contributed by atoms with E-state index < -0.39 is 0 Å². The number of ether oxygens (including phenoxy) is 1. The Morgan fingerprint density at radius 1 is 1.44 bits per heavy atom. The van der Waals surface area contributed by atoms with Gasteiger partial charge in [-0.25, -0.2) is 0 Å². The van der Waals surface area contributed by atoms with Gasteiger partial charge in [-0.05, 0) is 51.5 Å². The maximum Gasteiger partial charge on any atom is 0.0580 e. The summed E-state index contributed by atoms with van der Waals surface area (Å²) in [6.07, 6.45) is 8.77. The molecule has 0 aliphatic heterocycles. The first kappa shape index (κ1) is 13.7. The van der Waals surface area contributed by atoms with Gasteiger partial charge in [0, 0.05) is 12.6 Å². The number of rotatable bonds is 9. The van der Waals surface area contributed by atoms with Crippen LogP contribution >= 0.6 is 0 Å². The molecule has 1 rings (SSSR count). The third-order valence-electron chi connectivity index (χ3n) is 3.42. The summed E-state index contributed by atoms with van der Waals surface area (Å²) in [5.41, 5.74) is 0. The molecule has 0 spiro atoms. The van der Waals surface area contributed by atoms with Gasteiger partial charge in [0.25, 0.3) is 0 Å². The van der Waals surface area contributed by atoms with Gasteiger partial charge in [0.2, 0.25) is 0 Å². The summed E-state index contributed by atoms with van der Waals surface area (Å²) in [6.45, 7) is 10.0. The summed E-state index contributed by atoms with van der Waals surface area (Å²) in [5.74, 6) is 0.880. The van der Waals surface area contributed by atoms with Gasteiger partial charge >= 0.3 is 0 Å². The van der Waals surface area contributed by atoms with E-state index in [0.717, 1.165) is 25.5 Å². The molecule has 0 radical (unpaired) electrons. The van der Waals surface area contributed by atoms with Crippen LogP contribution in [0.3, 0.4) is 0 Å². The van der Waals surface area contributed by atoms with Crippen LogP contribution in [0.1, 0.15) is 46.0 Å². The van der Waals surface area contributed by atoms with Crippen LogP contribution < -0.4 is 5.32 Å². The van der Waals surface area contributed by atoms with E-state index >= 15 is 0 Å². The first-order valence-electron chi connectivity index (χ1n) is 6.76. The Morgan fingerprint density at radius 2 is 2.19 bits per heavy atom. The average molecular weight is 225 g/mol. The van der Waals surface area contributed by atoms with Crippen molar-refractivity contribution in [3.8, 4) is 0 Å². The van der Waals surface area contributed by atoms with Gasteiger partial charge in [0.1, 0.15) is 0 Å². The molecule has 2 nitrogen and oxygen atoms in total. The lowest BCUT2D eigenvalue weighted by Gasteiger charge is -2.37. The van der Waals surface area contributed by atoms with Gasteiger partial charge in [-0.3, -0.25) is 0 Å². The van der Waals surface area contributed by atoms with E-state index in [0.29, 0.717) is 12.1 Å². The molecule has 0 saturated heterocycles. The van der Waals surface area contributed by atoms with Crippen molar-refractivity contribution in [3.63, 3.8) is 0 Å². The molecule has 1 N–H and O–H groups in total. The van der Waals surface area contributed by atoms with Crippen molar-refractivity contribution in [3.05, 3.63) is 12.7 Å². The second kappa shape index (κ2) is 7.86. The molecular weight excluding hydrogens is 198 g/mol. The van der Waals surface area contributed by atoms with Gasteiger partial charge in [-0.1, -0.05) is 13.0 Å². The van der Waals surface area contributed by atoms with Crippen LogP contribution in [0.4, 0.5) is 0 Å². The third kappa shape index (κ3) is 4.67. The van der Waals surface area contributed by atoms with Gasteiger partial charge < -0.3 is 10.1 Å². The van der Waals surface area contributed by atoms with E-state index in [9.17, 15) is 0 Å². The summed E-state index contributed by atoms with van der Waals surface area (Å²) in [6, 6.07) is 0.676. The lowest BCUT2D eigenvalue weighted by Crippen LogP contribution is -2.38. The first-order valence-corrected chi connectivity index (χ1v) is 6.76. The normalized spacial score (nSPS) is 26.1. The molecule has 2 heteroatoms. The molecule has 0 amide bonds. The van der Waals surface area contributed by atoms with Crippen molar-refractivity contribution in [1.29, 1.82) is 0 Å². The van der Waals surface area contributed by atoms with Crippen LogP contribution in [0.2, 0.25) is 0 Å². The standard InChI is InChI=1S/C14H27NO/c1-4-7-8-13(15-5-2)9-12-10-14(11-12)16-6-3/h4,12-15H,1,5-11H2,2-3H3. The third-order valence-corrected chi connectivity index (χ3v) is 3.42. The number of nitrogens with one attached hydrogen (secondary N) is 1. The lowest BCUT2D eigenvalue weighted by atomic mass is 9.77. The quantitative estimate of drug-likeness (QED) is 0.609. The fraction of sp³-hybridized carbons (Fsp3) is 0.857. The largest absolute Gasteiger partial charge is 0.378 e. The highest BCUT2D eigenvalue weighted by Gasteiger charge is 2.30. The fourth-order valence-electron chi connectivity index (χ4n) is 2.55. The minimum absolute atomic E-state index is 0.552. The van der Waals surface area contributed by atoms with Crippen LogP contribution in [0, 0.1) is 5.92 Å². The van der Waals surface area contributed by atoms with Gasteiger partial charge in [-0.15, -0.1) is 6.58 Å². The minimum Gasteiger partial charge on any atom is -0.378 e. The summed E-state index contributed by atoms with van der Waals surface area (Å²) in [4.78, 5) is 0. The number of hydrogen-bond donors (Lipinski definition) is 1. The topological polar surface area (TPSA) is 21.3 Å². The lowest BCUT2D eigenvalue weighted by molar-refractivity contribution is -0.0291. The van der Waals surface area contributed by atoms with Crippen LogP contribution in [0.15, 0.2) is 12.7 Å². The molecule has 0 aromatic carbocycles. The van der Waals surface area contributed by atoms with Crippen LogP contribution in [0.25, 0.3) is 0 Å². The summed E-state index contributed by atoms with van der Waals surface area (Å²) in [5, 5.41) is 3.57. The smallest absolute Gasteiger partial charge is 0.0580 e. The zero-order chi connectivity index (χ0) is 11.8. The fourth-order valence-corrected chi connectivity index (χ4v) is 2.55. The van der Waals surface area contributed by atoms with Crippen molar-refractivity contribution in [2.24, 2.45) is 5.92 Å². The Kier molecular flexibility index (Phi) is 6.74. The minimum atomic E-state index is 0.552. The average Bonchev–Trinajstić information content (AvgIpc) is 2.23. The molecule has 1 atom stereocenters. The Balaban J connectivity index is 2.15. The van der Waals surface area contributed by atoms with Crippen molar-refractivity contribution in [2.75, 3.05) is 13.2 Å². The molecule has 1 saturated carbocycles. The Morgan fingerprint density at radius 3 is 2.75 bits per heavy atom. The molecule has 16 heavy (non-hydrogen) atoms. The van der Waals surface area contributed by atoms with Crippen molar-refractivity contribution in [1.82, 2.24) is 5.32 Å². The van der Waals surface area contributed by atoms with Crippen molar-refractivity contribution in [2.45, 2.75) is 58.1 Å². The molecular formula is C14H27NO. The second-order valence-electron chi connectivity index (χ2n) is 4.77. The van der Waals surface area contributed by atoms with Crippen molar-refractivity contribution >= 4 is 0 Å². The summed E-state index contributed by atoms with van der Waals surface area (Å²) in [7, 11) is 0. The van der Waals surface area contributed by atoms with E-state index in [1.54, 1.807) is 0 Å². The summed E-state index contributed by atoms with van der Waals surface area (Å²) < 4.78 is 5.59. The van der Waals surface area contributed by atoms with Crippen LogP contribution in [0.5, 0.6) is 0 Å². The SMILES string of the molecule is C=CCCC(CC1CC(OCC)C1)NCC. The molecule has 1 aliphatic carbocycles. The van der Waals surface area contributed by atoms with E-state index in [-0.39, 0.29) is 0 Å². The zero-order valence-corrected chi connectivity index (χ0v) is 10.9. The highest BCUT2D eigenvalue weighted by atomic mass is 16.5. The molecule has 0 bridgehead atoms. The Hall–Kier alpha value is -0.340. The van der Waals surface area contributed by atoms with E-state index in [2.05, 4.69) is 25.7 Å². The molecule has 1 aliphatic rings. The van der Waals surface area contributed by atoms with E-state index in [1.807, 2.05) is 6.08 Å². The van der Waals surface area contributed by atoms with Crippen LogP contribution in [-0.4, -0.2) is 25.3 Å². The molecule has 1 fully saturated rings. The molecule has 0 aromatic rings. The predicted molar refractivity (Wildman–Crippen MR) is 69.7 cm³/mol. The molecule has 94 valence electrons. The van der Waals surface area contributed by atoms with Gasteiger partial charge in [0.05, 0.1) is 6.10 Å². The molecule has 0 heterocycles. The molecule has 0 aromatic heterocycles. The van der Waals surface area contributed by atoms with E-state index in [4.69, 9.17) is 4.74 Å². The first-order chi connectivity index (χ1) is 7.80. The maximum atomic E-state index is 5.59. The van der Waals surface area contributed by atoms with Gasteiger partial charge in [-0.2, -0.15) is 0 Å². The summed E-state index contributed by atoms with van der Waals surface area (Å²) >= 11 is 0.